The van der Waals surface area contributed by atoms with Crippen molar-refractivity contribution in [1.29, 1.82) is 0 Å². The van der Waals surface area contributed by atoms with E-state index in [1.807, 2.05) is 0 Å². The van der Waals surface area contributed by atoms with E-state index in [1.54, 1.807) is 0 Å². The van der Waals surface area contributed by atoms with E-state index in [-0.39, 0.29) is 19.4 Å². The van der Waals surface area contributed by atoms with Crippen LogP contribution in [0.15, 0.2) is 0 Å². The first kappa shape index (κ1) is 53.1. The number of esters is 2. The summed E-state index contributed by atoms with van der Waals surface area (Å²) in [6, 6.07) is 0. The lowest BCUT2D eigenvalue weighted by Gasteiger charge is -2.20. The molecule has 0 aromatic rings. The Hall–Kier alpha value is -0.880. The fourth-order valence-electron chi connectivity index (χ4n) is 5.86. The summed E-state index contributed by atoms with van der Waals surface area (Å²) >= 11 is 0. The highest BCUT2D eigenvalue weighted by Crippen LogP contribution is 2.43. The highest BCUT2D eigenvalue weighted by atomic mass is 31.2. The number of hydrogen-bond acceptors (Lipinski definition) is 10. The quantitative estimate of drug-likeness (QED) is 0.0260. The Labute approximate surface area is 327 Å². The van der Waals surface area contributed by atoms with E-state index < -0.39 is 59.6 Å². The van der Waals surface area contributed by atoms with E-state index in [0.29, 0.717) is 12.8 Å². The number of ether oxygens (including phenoxy) is 2. The van der Waals surface area contributed by atoms with E-state index in [9.17, 15) is 28.7 Å². The van der Waals surface area contributed by atoms with Crippen LogP contribution in [-0.2, 0) is 41.8 Å². The lowest BCUT2D eigenvalue weighted by Crippen LogP contribution is -2.30. The van der Waals surface area contributed by atoms with Gasteiger partial charge in [0.05, 0.1) is 19.8 Å². The zero-order valence-electron chi connectivity index (χ0n) is 34.2. The van der Waals surface area contributed by atoms with Crippen molar-refractivity contribution in [3.05, 3.63) is 0 Å². The summed E-state index contributed by atoms with van der Waals surface area (Å²) in [5.41, 5.74) is 0. The molecule has 0 fully saturated rings. The smallest absolute Gasteiger partial charge is 0.462 e. The molecule has 0 aliphatic heterocycles. The van der Waals surface area contributed by atoms with Gasteiger partial charge < -0.3 is 29.3 Å². The van der Waals surface area contributed by atoms with Gasteiger partial charge in [0.25, 0.3) is 0 Å². The zero-order valence-corrected chi connectivity index (χ0v) is 36.0. The van der Waals surface area contributed by atoms with Gasteiger partial charge in [-0.3, -0.25) is 23.2 Å². The second kappa shape index (κ2) is 34.2. The predicted octanol–water partition coefficient (Wildman–Crippen LogP) is 10.1. The largest absolute Gasteiger partial charge is 0.472 e. The van der Waals surface area contributed by atoms with Crippen LogP contribution in [-0.4, -0.2) is 70.4 Å². The Morgan fingerprint density at radius 3 is 1.41 bits per heavy atom. The van der Waals surface area contributed by atoms with Crippen molar-refractivity contribution in [2.24, 2.45) is 11.8 Å². The molecule has 54 heavy (non-hydrogen) atoms. The summed E-state index contributed by atoms with van der Waals surface area (Å²) in [4.78, 5) is 52.5. The molecular formula is C39H78O13P2. The second-order valence-corrected chi connectivity index (χ2v) is 18.0. The van der Waals surface area contributed by atoms with Gasteiger partial charge in [-0.1, -0.05) is 163 Å². The van der Waals surface area contributed by atoms with Gasteiger partial charge in [-0.15, -0.1) is 0 Å². The third-order valence-electron chi connectivity index (χ3n) is 9.45. The maximum Gasteiger partial charge on any atom is 0.472 e. The van der Waals surface area contributed by atoms with Gasteiger partial charge >= 0.3 is 27.6 Å². The van der Waals surface area contributed by atoms with Crippen LogP contribution in [0.4, 0.5) is 0 Å². The molecule has 13 nitrogen and oxygen atoms in total. The SMILES string of the molecule is CCC(C)CCCCCCCCC(=O)OC[C@H](COP(=O)(O)OC[C@@H](O)COP(=O)(O)O)OC(=O)CCCCCCCCCCCCCCCCC(C)C. The van der Waals surface area contributed by atoms with Gasteiger partial charge in [0.15, 0.2) is 6.10 Å². The summed E-state index contributed by atoms with van der Waals surface area (Å²) < 4.78 is 47.7. The van der Waals surface area contributed by atoms with Crippen LogP contribution in [0.1, 0.15) is 188 Å². The maximum absolute atomic E-state index is 12.6. The number of unbranched alkanes of at least 4 members (excludes halogenated alkanes) is 18. The van der Waals surface area contributed by atoms with E-state index in [4.69, 9.17) is 23.8 Å². The Kier molecular flexibility index (Phi) is 33.6. The second-order valence-electron chi connectivity index (χ2n) is 15.4. The topological polar surface area (TPSA) is 195 Å². The van der Waals surface area contributed by atoms with Crippen LogP contribution in [0.2, 0.25) is 0 Å². The normalized spacial score (nSPS) is 14.8. The lowest BCUT2D eigenvalue weighted by molar-refractivity contribution is -0.161. The first-order valence-electron chi connectivity index (χ1n) is 21.0. The fourth-order valence-corrected chi connectivity index (χ4v) is 7.02. The van der Waals surface area contributed by atoms with Crippen LogP contribution in [0.3, 0.4) is 0 Å². The van der Waals surface area contributed by atoms with E-state index in [2.05, 4.69) is 36.7 Å². The molecule has 0 saturated heterocycles. The molecule has 4 atom stereocenters. The molecule has 0 amide bonds. The van der Waals surface area contributed by atoms with Gasteiger partial charge in [-0.2, -0.15) is 0 Å². The molecule has 0 radical (unpaired) electrons. The Morgan fingerprint density at radius 2 is 0.944 bits per heavy atom. The molecule has 15 heteroatoms. The molecule has 4 N–H and O–H groups in total. The predicted molar refractivity (Wildman–Crippen MR) is 212 cm³/mol. The molecule has 0 bridgehead atoms. The minimum atomic E-state index is -4.85. The molecule has 0 spiro atoms. The van der Waals surface area contributed by atoms with Crippen molar-refractivity contribution in [2.45, 2.75) is 200 Å². The number of hydrogen-bond donors (Lipinski definition) is 4. The maximum atomic E-state index is 12.6. The molecule has 0 saturated carbocycles. The van der Waals surface area contributed by atoms with Crippen LogP contribution >= 0.6 is 15.6 Å². The molecule has 0 rings (SSSR count). The van der Waals surface area contributed by atoms with Gasteiger partial charge in [-0.25, -0.2) is 9.13 Å². The fraction of sp³-hybridized carbons (Fsp3) is 0.949. The van der Waals surface area contributed by atoms with E-state index in [1.165, 1.54) is 96.3 Å². The van der Waals surface area contributed by atoms with Crippen LogP contribution in [0.25, 0.3) is 0 Å². The summed E-state index contributed by atoms with van der Waals surface area (Å²) in [7, 11) is -9.65. The zero-order chi connectivity index (χ0) is 40.5. The molecule has 0 aromatic carbocycles. The van der Waals surface area contributed by atoms with Crippen molar-refractivity contribution in [3.8, 4) is 0 Å². The van der Waals surface area contributed by atoms with Crippen molar-refractivity contribution < 1.29 is 61.6 Å². The monoisotopic (exact) mass is 816 g/mol. The molecule has 0 aliphatic rings. The third kappa shape index (κ3) is 38.0. The van der Waals surface area contributed by atoms with Crippen molar-refractivity contribution in [1.82, 2.24) is 0 Å². The average molecular weight is 817 g/mol. The Bertz CT molecular complexity index is 1010. The third-order valence-corrected chi connectivity index (χ3v) is 10.9. The summed E-state index contributed by atoms with van der Waals surface area (Å²) in [6.07, 6.45) is 24.1. The molecular weight excluding hydrogens is 738 g/mol. The molecule has 0 aromatic heterocycles. The number of carbonyl (C=O) groups excluding carboxylic acids is 2. The van der Waals surface area contributed by atoms with E-state index >= 15 is 0 Å². The Balaban J connectivity index is 4.48. The van der Waals surface area contributed by atoms with Gasteiger partial charge in [0, 0.05) is 12.8 Å². The van der Waals surface area contributed by atoms with E-state index in [0.717, 1.165) is 50.4 Å². The van der Waals surface area contributed by atoms with Crippen molar-refractivity contribution >= 4 is 27.6 Å². The number of phosphoric ester groups is 2. The lowest BCUT2D eigenvalue weighted by atomic mass is 10.00. The highest BCUT2D eigenvalue weighted by Gasteiger charge is 2.28. The molecule has 0 aliphatic carbocycles. The number of aliphatic hydroxyl groups excluding tert-OH is 1. The van der Waals surface area contributed by atoms with Crippen LogP contribution in [0.5, 0.6) is 0 Å². The first-order chi connectivity index (χ1) is 25.6. The highest BCUT2D eigenvalue weighted by molar-refractivity contribution is 7.47. The Morgan fingerprint density at radius 1 is 0.537 bits per heavy atom. The van der Waals surface area contributed by atoms with Gasteiger partial charge in [-0.05, 0) is 24.7 Å². The standard InChI is InChI=1S/C39H78O13P2/c1-5-35(4)27-23-19-16-17-20-24-28-38(41)48-32-37(33-51-54(46,47)50-31-36(40)30-49-53(43,44)45)52-39(42)29-25-21-15-13-11-9-7-6-8-10-12-14-18-22-26-34(2)3/h34-37,40H,5-33H2,1-4H3,(H,46,47)(H2,43,44,45)/t35?,36-,37+/m0/s1. The minimum absolute atomic E-state index is 0.137. The van der Waals surface area contributed by atoms with Gasteiger partial charge in [0.2, 0.25) is 0 Å². The first-order valence-corrected chi connectivity index (χ1v) is 24.0. The van der Waals surface area contributed by atoms with Crippen LogP contribution < -0.4 is 0 Å². The van der Waals surface area contributed by atoms with Crippen molar-refractivity contribution in [3.63, 3.8) is 0 Å². The summed E-state index contributed by atoms with van der Waals surface area (Å²) in [5.74, 6) is 0.539. The molecule has 322 valence electrons. The van der Waals surface area contributed by atoms with Gasteiger partial charge in [0.1, 0.15) is 12.7 Å². The van der Waals surface area contributed by atoms with Crippen LogP contribution in [0, 0.1) is 11.8 Å². The summed E-state index contributed by atoms with van der Waals surface area (Å²) in [6.45, 7) is 6.36. The number of aliphatic hydroxyl groups is 1. The molecule has 0 heterocycles. The number of phosphoric acid groups is 2. The number of carbonyl (C=O) groups is 2. The van der Waals surface area contributed by atoms with Crippen molar-refractivity contribution in [2.75, 3.05) is 26.4 Å². The number of rotatable bonds is 39. The minimum Gasteiger partial charge on any atom is -0.462 e. The average Bonchev–Trinajstić information content (AvgIpc) is 3.11. The molecule has 2 unspecified atom stereocenters. The summed E-state index contributed by atoms with van der Waals surface area (Å²) in [5, 5.41) is 9.72.